The average Bonchev–Trinajstić information content (AvgIpc) is 2.38. The Kier molecular flexibility index (Phi) is 3.83. The molecule has 0 amide bonds. The molecule has 0 radical (unpaired) electrons. The van der Waals surface area contributed by atoms with Gasteiger partial charge in [0, 0.05) is 12.1 Å². The van der Waals surface area contributed by atoms with E-state index in [1.807, 2.05) is 6.07 Å². The number of nitriles is 1. The Morgan fingerprint density at radius 3 is 2.72 bits per heavy atom. The molecule has 0 heterocycles. The van der Waals surface area contributed by atoms with Crippen LogP contribution in [0.2, 0.25) is 0 Å². The summed E-state index contributed by atoms with van der Waals surface area (Å²) in [5.74, 6) is -0.391. The molecule has 0 saturated heterocycles. The molecule has 1 fully saturated rings. The van der Waals surface area contributed by atoms with E-state index in [0.29, 0.717) is 17.8 Å². The molecule has 0 aromatic heterocycles. The summed E-state index contributed by atoms with van der Waals surface area (Å²) in [6, 6.07) is 6.19. The first-order valence-corrected chi connectivity index (χ1v) is 6.35. The van der Waals surface area contributed by atoms with Gasteiger partial charge in [-0.25, -0.2) is 4.39 Å². The Bertz CT molecular complexity index is 459. The summed E-state index contributed by atoms with van der Waals surface area (Å²) >= 11 is 0. The van der Waals surface area contributed by atoms with Gasteiger partial charge in [0.1, 0.15) is 11.9 Å². The molecule has 0 aliphatic heterocycles. The fourth-order valence-corrected chi connectivity index (χ4v) is 2.47. The van der Waals surface area contributed by atoms with Crippen molar-refractivity contribution in [1.29, 1.82) is 5.26 Å². The topological polar surface area (TPSA) is 61.8 Å². The molecule has 0 bridgehead atoms. The monoisotopic (exact) mass is 247 g/mol. The van der Waals surface area contributed by atoms with Gasteiger partial charge in [0.2, 0.25) is 0 Å². The lowest BCUT2D eigenvalue weighted by atomic mass is 9.82. The average molecular weight is 247 g/mol. The molecule has 96 valence electrons. The van der Waals surface area contributed by atoms with E-state index in [1.54, 1.807) is 6.07 Å². The second kappa shape index (κ2) is 5.36. The van der Waals surface area contributed by atoms with Crippen LogP contribution in [0.4, 0.5) is 10.1 Å². The van der Waals surface area contributed by atoms with E-state index in [2.05, 4.69) is 5.32 Å². The summed E-state index contributed by atoms with van der Waals surface area (Å²) < 4.78 is 13.0. The number of halogens is 1. The largest absolute Gasteiger partial charge is 0.382 e. The number of nitrogens with one attached hydrogen (secondary N) is 1. The zero-order valence-corrected chi connectivity index (χ0v) is 10.4. The smallest absolute Gasteiger partial charge is 0.124 e. The van der Waals surface area contributed by atoms with Gasteiger partial charge in [0.05, 0.1) is 11.3 Å². The molecule has 3 N–H and O–H groups in total. The van der Waals surface area contributed by atoms with Crippen molar-refractivity contribution >= 4 is 5.69 Å². The van der Waals surface area contributed by atoms with Crippen LogP contribution in [0.3, 0.4) is 0 Å². The molecule has 1 aliphatic rings. The fraction of sp³-hybridized carbons (Fsp3) is 0.500. The molecule has 0 atom stereocenters. The highest BCUT2D eigenvalue weighted by Crippen LogP contribution is 2.26. The van der Waals surface area contributed by atoms with Crippen LogP contribution >= 0.6 is 0 Å². The Morgan fingerprint density at radius 1 is 1.33 bits per heavy atom. The first kappa shape index (κ1) is 12.8. The van der Waals surface area contributed by atoms with Crippen molar-refractivity contribution in [3.05, 3.63) is 29.6 Å². The summed E-state index contributed by atoms with van der Waals surface area (Å²) in [6.07, 6.45) is 5.57. The van der Waals surface area contributed by atoms with Crippen molar-refractivity contribution in [1.82, 2.24) is 0 Å². The Morgan fingerprint density at radius 2 is 2.06 bits per heavy atom. The van der Waals surface area contributed by atoms with Crippen molar-refractivity contribution in [2.24, 2.45) is 5.73 Å². The molecule has 0 spiro atoms. The molecule has 4 heteroatoms. The van der Waals surface area contributed by atoms with E-state index in [4.69, 9.17) is 11.0 Å². The van der Waals surface area contributed by atoms with Crippen LogP contribution in [0.15, 0.2) is 18.2 Å². The molecule has 1 saturated carbocycles. The van der Waals surface area contributed by atoms with Gasteiger partial charge in [-0.3, -0.25) is 0 Å². The zero-order valence-electron chi connectivity index (χ0n) is 10.4. The predicted octanol–water partition coefficient (Wildman–Crippen LogP) is 2.77. The van der Waals surface area contributed by atoms with Gasteiger partial charge in [-0.05, 0) is 31.0 Å². The fourth-order valence-electron chi connectivity index (χ4n) is 2.47. The summed E-state index contributed by atoms with van der Waals surface area (Å²) in [6.45, 7) is 0.632. The van der Waals surface area contributed by atoms with Crippen LogP contribution in [-0.4, -0.2) is 12.1 Å². The van der Waals surface area contributed by atoms with Gasteiger partial charge >= 0.3 is 0 Å². The van der Waals surface area contributed by atoms with E-state index in [9.17, 15) is 4.39 Å². The number of anilines is 1. The van der Waals surface area contributed by atoms with Crippen molar-refractivity contribution in [2.75, 3.05) is 11.9 Å². The second-order valence-electron chi connectivity index (χ2n) is 5.08. The van der Waals surface area contributed by atoms with Crippen LogP contribution < -0.4 is 11.1 Å². The van der Waals surface area contributed by atoms with Gasteiger partial charge in [-0.15, -0.1) is 0 Å². The van der Waals surface area contributed by atoms with Gasteiger partial charge in [-0.2, -0.15) is 5.26 Å². The minimum Gasteiger partial charge on any atom is -0.382 e. The van der Waals surface area contributed by atoms with Gasteiger partial charge in [0.25, 0.3) is 0 Å². The molecule has 1 aromatic rings. The van der Waals surface area contributed by atoms with Crippen LogP contribution in [0.25, 0.3) is 0 Å². The predicted molar refractivity (Wildman–Crippen MR) is 69.6 cm³/mol. The quantitative estimate of drug-likeness (QED) is 0.863. The standard InChI is InChI=1S/C14H18FN3/c15-12-4-5-13(11(8-12)9-16)18-10-14(17)6-2-1-3-7-14/h4-5,8,18H,1-3,6-7,10,17H2. The number of benzene rings is 1. The zero-order chi connectivity index (χ0) is 13.0. The van der Waals surface area contributed by atoms with Crippen LogP contribution in [0.5, 0.6) is 0 Å². The maximum absolute atomic E-state index is 13.0. The second-order valence-corrected chi connectivity index (χ2v) is 5.08. The number of nitrogens with zero attached hydrogens (tertiary/aromatic N) is 1. The Labute approximate surface area is 107 Å². The van der Waals surface area contributed by atoms with Gasteiger partial charge < -0.3 is 11.1 Å². The van der Waals surface area contributed by atoms with Crippen molar-refractivity contribution in [2.45, 2.75) is 37.6 Å². The lowest BCUT2D eigenvalue weighted by Gasteiger charge is -2.34. The first-order valence-electron chi connectivity index (χ1n) is 6.35. The SMILES string of the molecule is N#Cc1cc(F)ccc1NCC1(N)CCCCC1. The van der Waals surface area contributed by atoms with E-state index in [1.165, 1.54) is 18.6 Å². The minimum absolute atomic E-state index is 0.195. The van der Waals surface area contributed by atoms with E-state index < -0.39 is 5.82 Å². The first-order chi connectivity index (χ1) is 8.63. The normalized spacial score (nSPS) is 18.1. The Hall–Kier alpha value is -1.60. The van der Waals surface area contributed by atoms with Gasteiger partial charge in [0.15, 0.2) is 0 Å². The summed E-state index contributed by atoms with van der Waals surface area (Å²) in [7, 11) is 0. The molecule has 3 nitrogen and oxygen atoms in total. The third-order valence-corrected chi connectivity index (χ3v) is 3.58. The molecule has 1 aromatic carbocycles. The molecule has 1 aliphatic carbocycles. The van der Waals surface area contributed by atoms with E-state index >= 15 is 0 Å². The molecule has 18 heavy (non-hydrogen) atoms. The van der Waals surface area contributed by atoms with Crippen LogP contribution in [0.1, 0.15) is 37.7 Å². The minimum atomic E-state index is -0.391. The third kappa shape index (κ3) is 2.99. The van der Waals surface area contributed by atoms with Gasteiger partial charge in [-0.1, -0.05) is 19.3 Å². The van der Waals surface area contributed by atoms with Crippen molar-refractivity contribution < 1.29 is 4.39 Å². The summed E-state index contributed by atoms with van der Waals surface area (Å²) in [5.41, 5.74) is 7.10. The van der Waals surface area contributed by atoms with E-state index in [-0.39, 0.29) is 5.54 Å². The van der Waals surface area contributed by atoms with Crippen molar-refractivity contribution in [3.63, 3.8) is 0 Å². The third-order valence-electron chi connectivity index (χ3n) is 3.58. The van der Waals surface area contributed by atoms with Crippen molar-refractivity contribution in [3.8, 4) is 6.07 Å². The summed E-state index contributed by atoms with van der Waals surface area (Å²) in [4.78, 5) is 0. The molecular weight excluding hydrogens is 229 g/mol. The number of nitrogens with two attached hydrogens (primary N) is 1. The van der Waals surface area contributed by atoms with Crippen LogP contribution in [-0.2, 0) is 0 Å². The summed E-state index contributed by atoms with van der Waals surface area (Å²) in [5, 5.41) is 12.1. The number of hydrogen-bond acceptors (Lipinski definition) is 3. The lowest BCUT2D eigenvalue weighted by Crippen LogP contribution is -2.47. The maximum Gasteiger partial charge on any atom is 0.124 e. The van der Waals surface area contributed by atoms with Crippen LogP contribution in [0, 0.1) is 17.1 Å². The highest BCUT2D eigenvalue weighted by atomic mass is 19.1. The number of rotatable bonds is 3. The molecule has 0 unspecified atom stereocenters. The van der Waals surface area contributed by atoms with E-state index in [0.717, 1.165) is 25.7 Å². The highest BCUT2D eigenvalue weighted by Gasteiger charge is 2.27. The molecular formula is C14H18FN3. The molecule has 2 rings (SSSR count). The maximum atomic E-state index is 13.0. The highest BCUT2D eigenvalue weighted by molar-refractivity contribution is 5.57. The lowest BCUT2D eigenvalue weighted by molar-refractivity contribution is 0.311. The number of hydrogen-bond donors (Lipinski definition) is 2. The Balaban J connectivity index is 2.04.